The number of benzene rings is 2. The third-order valence-corrected chi connectivity index (χ3v) is 8.18. The fourth-order valence-electron chi connectivity index (χ4n) is 5.52. The molecule has 0 unspecified atom stereocenters. The Kier molecular flexibility index (Phi) is 5.41. The Morgan fingerprint density at radius 1 is 1.16 bits per heavy atom. The van der Waals surface area contributed by atoms with Crippen LogP contribution in [-0.2, 0) is 12.6 Å². The summed E-state index contributed by atoms with van der Waals surface area (Å²) in [7, 11) is 0. The van der Waals surface area contributed by atoms with Crippen LogP contribution in [0.4, 0.5) is 13.2 Å². The van der Waals surface area contributed by atoms with Gasteiger partial charge >= 0.3 is 6.18 Å². The van der Waals surface area contributed by atoms with Crippen LogP contribution in [0.3, 0.4) is 0 Å². The number of furan rings is 1. The number of halogens is 3. The highest BCUT2D eigenvalue weighted by Gasteiger charge is 2.54. The second-order valence-corrected chi connectivity index (χ2v) is 10.8. The van der Waals surface area contributed by atoms with E-state index in [0.717, 1.165) is 30.2 Å². The van der Waals surface area contributed by atoms with Crippen LogP contribution in [-0.4, -0.2) is 33.8 Å². The van der Waals surface area contributed by atoms with Gasteiger partial charge in [-0.05, 0) is 49.9 Å². The standard InChI is InChI=1S/C27H22F3N3O3S/c1-13-32-23(24(37-13)18-5-2-3-7-20(18)27(28,29)30)26(35)33-15(9-14-10-21(14)33)11-16-12-19-17(25(31)34)6-4-8-22(19)36-16/h2-8,12,14-15,21H,9-11H2,1H3,(H2,31,34)/t14-,15+,21+/m1/s1. The first-order chi connectivity index (χ1) is 17.6. The van der Waals surface area contributed by atoms with E-state index in [0.29, 0.717) is 39.6 Å². The number of primary amides is 1. The molecule has 190 valence electrons. The van der Waals surface area contributed by atoms with Gasteiger partial charge in [-0.25, -0.2) is 4.98 Å². The molecule has 2 fully saturated rings. The number of carbonyl (C=O) groups excluding carboxylic acids is 2. The van der Waals surface area contributed by atoms with E-state index in [1.807, 2.05) is 0 Å². The summed E-state index contributed by atoms with van der Waals surface area (Å²) >= 11 is 1.09. The Hall–Kier alpha value is -3.66. The minimum atomic E-state index is -4.56. The maximum Gasteiger partial charge on any atom is 0.417 e. The van der Waals surface area contributed by atoms with Crippen molar-refractivity contribution in [2.24, 2.45) is 11.7 Å². The number of nitrogens with two attached hydrogens (primary N) is 1. The maximum absolute atomic E-state index is 13.9. The smallest absolute Gasteiger partial charge is 0.417 e. The average Bonchev–Trinajstić information content (AvgIpc) is 3.16. The van der Waals surface area contributed by atoms with Gasteiger partial charge in [0.1, 0.15) is 17.0 Å². The van der Waals surface area contributed by atoms with Gasteiger partial charge in [-0.1, -0.05) is 24.3 Å². The van der Waals surface area contributed by atoms with Gasteiger partial charge in [0.15, 0.2) is 0 Å². The highest BCUT2D eigenvalue weighted by Crippen LogP contribution is 2.50. The summed E-state index contributed by atoms with van der Waals surface area (Å²) in [6.07, 6.45) is -2.50. The molecule has 3 atom stereocenters. The van der Waals surface area contributed by atoms with Gasteiger partial charge in [-0.3, -0.25) is 9.59 Å². The highest BCUT2D eigenvalue weighted by atomic mass is 32.1. The summed E-state index contributed by atoms with van der Waals surface area (Å²) < 4.78 is 47.3. The van der Waals surface area contributed by atoms with E-state index in [1.165, 1.54) is 18.2 Å². The minimum Gasteiger partial charge on any atom is -0.461 e. The largest absolute Gasteiger partial charge is 0.461 e. The van der Waals surface area contributed by atoms with E-state index in [2.05, 4.69) is 4.98 Å². The zero-order chi connectivity index (χ0) is 26.1. The third-order valence-electron chi connectivity index (χ3n) is 7.17. The normalized spacial score (nSPS) is 20.9. The lowest BCUT2D eigenvalue weighted by molar-refractivity contribution is -0.137. The molecule has 1 saturated carbocycles. The number of rotatable bonds is 5. The van der Waals surface area contributed by atoms with Gasteiger partial charge < -0.3 is 15.1 Å². The zero-order valence-corrected chi connectivity index (χ0v) is 20.5. The molecule has 0 radical (unpaired) electrons. The second kappa shape index (κ2) is 8.44. The fourth-order valence-corrected chi connectivity index (χ4v) is 6.47. The molecule has 1 aliphatic heterocycles. The number of carbonyl (C=O) groups is 2. The van der Waals surface area contributed by atoms with E-state index < -0.39 is 17.6 Å². The van der Waals surface area contributed by atoms with Crippen molar-refractivity contribution in [3.8, 4) is 10.4 Å². The molecule has 0 spiro atoms. The number of aryl methyl sites for hydroxylation is 1. The lowest BCUT2D eigenvalue weighted by atomic mass is 10.0. The number of nitrogens with zero attached hydrogens (tertiary/aromatic N) is 2. The van der Waals surface area contributed by atoms with Crippen LogP contribution in [0.25, 0.3) is 21.4 Å². The summed E-state index contributed by atoms with van der Waals surface area (Å²) in [5.41, 5.74) is 5.62. The molecule has 6 nitrogen and oxygen atoms in total. The van der Waals surface area contributed by atoms with Crippen LogP contribution >= 0.6 is 11.3 Å². The van der Waals surface area contributed by atoms with E-state index in [4.69, 9.17) is 10.2 Å². The number of alkyl halides is 3. The summed E-state index contributed by atoms with van der Waals surface area (Å²) in [5, 5.41) is 1.14. The molecule has 0 bridgehead atoms. The highest BCUT2D eigenvalue weighted by molar-refractivity contribution is 7.15. The molecule has 1 saturated heterocycles. The Balaban J connectivity index is 1.34. The molecule has 6 rings (SSSR count). The predicted molar refractivity (Wildman–Crippen MR) is 132 cm³/mol. The van der Waals surface area contributed by atoms with Gasteiger partial charge in [-0.2, -0.15) is 13.2 Å². The van der Waals surface area contributed by atoms with Crippen molar-refractivity contribution in [2.75, 3.05) is 0 Å². The molecule has 2 aliphatic rings. The lowest BCUT2D eigenvalue weighted by Crippen LogP contribution is -2.40. The van der Waals surface area contributed by atoms with E-state index in [1.54, 1.807) is 36.1 Å². The Morgan fingerprint density at radius 2 is 1.95 bits per heavy atom. The van der Waals surface area contributed by atoms with Gasteiger partial charge in [0.25, 0.3) is 5.91 Å². The molecule has 4 aromatic rings. The SMILES string of the molecule is Cc1nc(C(=O)N2[C@H](Cc3cc4c(C(N)=O)cccc4o3)C[C@@H]3C[C@@H]32)c(-c2ccccc2C(F)(F)F)s1. The van der Waals surface area contributed by atoms with Crippen molar-refractivity contribution in [2.45, 2.75) is 44.4 Å². The molecule has 2 aromatic heterocycles. The topological polar surface area (TPSA) is 89.4 Å². The summed E-state index contributed by atoms with van der Waals surface area (Å²) in [6.45, 7) is 1.69. The summed E-state index contributed by atoms with van der Waals surface area (Å²) in [6, 6.07) is 12.0. The molecule has 10 heteroatoms. The van der Waals surface area contributed by atoms with Crippen LogP contribution in [0.2, 0.25) is 0 Å². The lowest BCUT2D eigenvalue weighted by Gasteiger charge is -2.27. The number of amides is 2. The monoisotopic (exact) mass is 525 g/mol. The molecule has 2 aromatic carbocycles. The molecular weight excluding hydrogens is 503 g/mol. The fraction of sp³-hybridized carbons (Fsp3) is 0.296. The first kappa shape index (κ1) is 23.7. The number of piperidine rings is 1. The molecule has 2 N–H and O–H groups in total. The van der Waals surface area contributed by atoms with E-state index in [-0.39, 0.29) is 34.1 Å². The van der Waals surface area contributed by atoms with Crippen molar-refractivity contribution in [1.29, 1.82) is 0 Å². The van der Waals surface area contributed by atoms with Crippen molar-refractivity contribution >= 4 is 34.1 Å². The first-order valence-corrected chi connectivity index (χ1v) is 12.7. The first-order valence-electron chi connectivity index (χ1n) is 11.9. The Bertz CT molecular complexity index is 1560. The van der Waals surface area contributed by atoms with E-state index in [9.17, 15) is 22.8 Å². The predicted octanol–water partition coefficient (Wildman–Crippen LogP) is 5.83. The van der Waals surface area contributed by atoms with Crippen molar-refractivity contribution in [3.63, 3.8) is 0 Å². The number of thiazole rings is 1. The van der Waals surface area contributed by atoms with Crippen LogP contribution in [0.5, 0.6) is 0 Å². The van der Waals surface area contributed by atoms with Crippen LogP contribution in [0.1, 0.15) is 50.0 Å². The molecule has 2 amide bonds. The molecule has 1 aliphatic carbocycles. The minimum absolute atomic E-state index is 0.0378. The van der Waals surface area contributed by atoms with E-state index >= 15 is 0 Å². The molecule has 37 heavy (non-hydrogen) atoms. The quantitative estimate of drug-likeness (QED) is 0.355. The molecular formula is C27H22F3N3O3S. The van der Waals surface area contributed by atoms with Crippen molar-refractivity contribution < 1.29 is 27.2 Å². The van der Waals surface area contributed by atoms with Gasteiger partial charge in [0.05, 0.1) is 21.0 Å². The van der Waals surface area contributed by atoms with Crippen LogP contribution in [0, 0.1) is 12.8 Å². The van der Waals surface area contributed by atoms with Gasteiger partial charge in [0.2, 0.25) is 5.91 Å². The number of fused-ring (bicyclic) bond motifs is 2. The number of aromatic nitrogens is 1. The summed E-state index contributed by atoms with van der Waals surface area (Å²) in [4.78, 5) is 32.1. The zero-order valence-electron chi connectivity index (χ0n) is 19.7. The van der Waals surface area contributed by atoms with Crippen LogP contribution < -0.4 is 5.73 Å². The van der Waals surface area contributed by atoms with Crippen molar-refractivity contribution in [1.82, 2.24) is 9.88 Å². The average molecular weight is 526 g/mol. The van der Waals surface area contributed by atoms with Gasteiger partial charge in [-0.15, -0.1) is 11.3 Å². The third kappa shape index (κ3) is 4.09. The van der Waals surface area contributed by atoms with Gasteiger partial charge in [0, 0.05) is 29.5 Å². The van der Waals surface area contributed by atoms with Crippen molar-refractivity contribution in [3.05, 3.63) is 76.1 Å². The Morgan fingerprint density at radius 3 is 2.70 bits per heavy atom. The molecule has 3 heterocycles. The summed E-state index contributed by atoms with van der Waals surface area (Å²) in [5.74, 6) is 0.0535. The van der Waals surface area contributed by atoms with Crippen LogP contribution in [0.15, 0.2) is 52.9 Å². The Labute approximate surface area is 213 Å². The maximum atomic E-state index is 13.9. The number of hydrogen-bond donors (Lipinski definition) is 1. The number of hydrogen-bond acceptors (Lipinski definition) is 5. The number of likely N-dealkylation sites (tertiary alicyclic amines) is 1. The second-order valence-electron chi connectivity index (χ2n) is 9.62.